The number of methoxy groups -OCH3 is 1. The van der Waals surface area contributed by atoms with E-state index in [-0.39, 0.29) is 11.9 Å². The van der Waals surface area contributed by atoms with Gasteiger partial charge in [-0.3, -0.25) is 4.90 Å². The zero-order chi connectivity index (χ0) is 28.1. The number of hydrogen-bond acceptors (Lipinski definition) is 11. The fraction of sp³-hybridized carbons (Fsp3) is 0.357. The first-order chi connectivity index (χ1) is 19.4. The van der Waals surface area contributed by atoms with E-state index >= 15 is 0 Å². The Hall–Kier alpha value is -4.42. The minimum atomic E-state index is -0.377. The Morgan fingerprint density at radius 3 is 2.50 bits per heavy atom. The molecule has 0 radical (unpaired) electrons. The van der Waals surface area contributed by atoms with Crippen molar-refractivity contribution in [1.82, 2.24) is 34.4 Å². The molecule has 1 aliphatic rings. The highest BCUT2D eigenvalue weighted by Crippen LogP contribution is 2.29. The number of esters is 1. The van der Waals surface area contributed by atoms with Crippen LogP contribution in [0, 0.1) is 0 Å². The number of ether oxygens (including phenoxy) is 2. The lowest BCUT2D eigenvalue weighted by molar-refractivity contribution is -0.134. The van der Waals surface area contributed by atoms with Gasteiger partial charge in [0.2, 0.25) is 5.95 Å². The monoisotopic (exact) mass is 543 g/mol. The number of rotatable bonds is 9. The number of carbonyl (C=O) groups is 1. The number of nitrogen functional groups attached to an aromatic ring is 1. The Morgan fingerprint density at radius 1 is 1.10 bits per heavy atom. The maximum atomic E-state index is 11.4. The third kappa shape index (κ3) is 6.08. The molecule has 0 aliphatic carbocycles. The summed E-state index contributed by atoms with van der Waals surface area (Å²) in [4.78, 5) is 38.9. The number of nitrogens with two attached hydrogens (primary N) is 1. The van der Waals surface area contributed by atoms with Gasteiger partial charge in [-0.15, -0.1) is 0 Å². The molecule has 0 atom stereocenters. The molecule has 4 heterocycles. The molecule has 5 rings (SSSR count). The van der Waals surface area contributed by atoms with Gasteiger partial charge < -0.3 is 24.7 Å². The van der Waals surface area contributed by atoms with Gasteiger partial charge in [0.25, 0.3) is 0 Å². The van der Waals surface area contributed by atoms with Crippen molar-refractivity contribution in [3.8, 4) is 11.4 Å². The summed E-state index contributed by atoms with van der Waals surface area (Å²) < 4.78 is 12.4. The number of fused-ring (bicyclic) bond motifs is 1. The lowest BCUT2D eigenvalue weighted by atomic mass is 10.1. The number of aromatic nitrogens is 6. The Morgan fingerprint density at radius 2 is 1.82 bits per heavy atom. The predicted molar refractivity (Wildman–Crippen MR) is 152 cm³/mol. The zero-order valence-corrected chi connectivity index (χ0v) is 22.9. The molecule has 0 spiro atoms. The third-order valence-corrected chi connectivity index (χ3v) is 6.67. The number of imidazole rings is 1. The molecule has 0 unspecified atom stereocenters. The third-order valence-electron chi connectivity index (χ3n) is 6.67. The molecule has 2 N–H and O–H groups in total. The molecule has 0 bridgehead atoms. The highest BCUT2D eigenvalue weighted by Gasteiger charge is 2.23. The molecule has 0 saturated carbocycles. The van der Waals surface area contributed by atoms with Crippen LogP contribution in [0.5, 0.6) is 0 Å². The molecule has 12 heteroatoms. The van der Waals surface area contributed by atoms with Gasteiger partial charge in [0, 0.05) is 44.6 Å². The van der Waals surface area contributed by atoms with Crippen LogP contribution in [0.4, 0.5) is 11.8 Å². The average molecular weight is 544 g/mol. The second kappa shape index (κ2) is 12.2. The molecule has 1 aromatic carbocycles. The van der Waals surface area contributed by atoms with Gasteiger partial charge in [0.15, 0.2) is 22.8 Å². The first-order valence-corrected chi connectivity index (χ1v) is 13.2. The van der Waals surface area contributed by atoms with Crippen LogP contribution in [-0.4, -0.2) is 80.8 Å². The van der Waals surface area contributed by atoms with Gasteiger partial charge in [-0.2, -0.15) is 0 Å². The van der Waals surface area contributed by atoms with E-state index in [9.17, 15) is 4.79 Å². The normalized spacial score (nSPS) is 13.9. The highest BCUT2D eigenvalue weighted by molar-refractivity contribution is 5.87. The summed E-state index contributed by atoms with van der Waals surface area (Å²) in [6.45, 7) is 6.86. The highest BCUT2D eigenvalue weighted by atomic mass is 16.5. The van der Waals surface area contributed by atoms with Gasteiger partial charge in [0.05, 0.1) is 32.4 Å². The number of hydrogen-bond donors (Lipinski definition) is 1. The largest absolute Gasteiger partial charge is 0.466 e. The quantitative estimate of drug-likeness (QED) is 0.246. The van der Waals surface area contributed by atoms with Crippen molar-refractivity contribution in [1.29, 1.82) is 0 Å². The van der Waals surface area contributed by atoms with Crippen LogP contribution in [0.2, 0.25) is 0 Å². The molecule has 1 aliphatic heterocycles. The summed E-state index contributed by atoms with van der Waals surface area (Å²) in [6.07, 6.45) is 6.44. The Bertz CT molecular complexity index is 1490. The summed E-state index contributed by atoms with van der Waals surface area (Å²) in [6, 6.07) is 8.07. The van der Waals surface area contributed by atoms with E-state index in [1.54, 1.807) is 18.5 Å². The van der Waals surface area contributed by atoms with E-state index in [4.69, 9.17) is 25.4 Å². The standard InChI is InChI=1S/C28H33N9O3/c1-4-37-22(18-35(2)17-20-7-5-19(6-8-20)9-10-23(38)39-3)32-24-26(36-11-13-40-14-12-36)33-25(34-27(24)37)21-15-30-28(29)31-16-21/h5-10,15-16H,4,11-14,17-18H2,1-3H3,(H2,29,30,31). The molecule has 12 nitrogen and oxygen atoms in total. The predicted octanol–water partition coefficient (Wildman–Crippen LogP) is 2.54. The molecule has 0 amide bonds. The van der Waals surface area contributed by atoms with E-state index in [0.717, 1.165) is 53.6 Å². The second-order valence-corrected chi connectivity index (χ2v) is 9.52. The lowest BCUT2D eigenvalue weighted by Gasteiger charge is -2.28. The smallest absolute Gasteiger partial charge is 0.330 e. The molecule has 1 saturated heterocycles. The summed E-state index contributed by atoms with van der Waals surface area (Å²) >= 11 is 0. The van der Waals surface area contributed by atoms with E-state index in [1.807, 2.05) is 12.1 Å². The second-order valence-electron chi connectivity index (χ2n) is 9.52. The molecular weight excluding hydrogens is 510 g/mol. The van der Waals surface area contributed by atoms with Crippen molar-refractivity contribution in [2.24, 2.45) is 0 Å². The summed E-state index contributed by atoms with van der Waals surface area (Å²) in [5, 5.41) is 0. The zero-order valence-electron chi connectivity index (χ0n) is 22.9. The summed E-state index contributed by atoms with van der Waals surface area (Å²) in [5.41, 5.74) is 10.0. The number of benzene rings is 1. The molecule has 1 fully saturated rings. The van der Waals surface area contributed by atoms with E-state index in [2.05, 4.69) is 55.2 Å². The number of anilines is 2. The van der Waals surface area contributed by atoms with Crippen molar-refractivity contribution < 1.29 is 14.3 Å². The molecule has 4 aromatic rings. The van der Waals surface area contributed by atoms with E-state index < -0.39 is 0 Å². The average Bonchev–Trinajstić information content (AvgIpc) is 3.33. The SMILES string of the molecule is CCn1c(CN(C)Cc2ccc(C=CC(=O)OC)cc2)nc2c(N3CCOCC3)nc(-c3cnc(N)nc3)nc21. The maximum Gasteiger partial charge on any atom is 0.330 e. The van der Waals surface area contributed by atoms with E-state index in [0.29, 0.717) is 37.7 Å². The fourth-order valence-corrected chi connectivity index (χ4v) is 4.64. The van der Waals surface area contributed by atoms with Gasteiger partial charge in [0.1, 0.15) is 5.82 Å². The Labute approximate surface area is 232 Å². The van der Waals surface area contributed by atoms with Crippen LogP contribution < -0.4 is 10.6 Å². The van der Waals surface area contributed by atoms with Gasteiger partial charge >= 0.3 is 5.97 Å². The van der Waals surface area contributed by atoms with Crippen LogP contribution in [0.15, 0.2) is 42.7 Å². The van der Waals surface area contributed by atoms with Crippen LogP contribution in [0.1, 0.15) is 23.9 Å². The van der Waals surface area contributed by atoms with Gasteiger partial charge in [-0.1, -0.05) is 24.3 Å². The van der Waals surface area contributed by atoms with Crippen LogP contribution in [0.25, 0.3) is 28.6 Å². The Balaban J connectivity index is 1.43. The first kappa shape index (κ1) is 27.2. The summed E-state index contributed by atoms with van der Waals surface area (Å²) in [7, 11) is 3.43. The van der Waals surface area contributed by atoms with Gasteiger partial charge in [-0.25, -0.2) is 29.7 Å². The maximum absolute atomic E-state index is 11.4. The number of nitrogens with zero attached hydrogens (tertiary/aromatic N) is 8. The molecular formula is C28H33N9O3. The number of aryl methyl sites for hydroxylation is 1. The van der Waals surface area contributed by atoms with Crippen molar-refractivity contribution in [2.45, 2.75) is 26.6 Å². The summed E-state index contributed by atoms with van der Waals surface area (Å²) in [5.74, 6) is 2.05. The van der Waals surface area contributed by atoms with Crippen molar-refractivity contribution >= 4 is 35.0 Å². The minimum Gasteiger partial charge on any atom is -0.466 e. The molecule has 208 valence electrons. The first-order valence-electron chi connectivity index (χ1n) is 13.2. The van der Waals surface area contributed by atoms with Crippen molar-refractivity contribution in [3.05, 3.63) is 59.7 Å². The Kier molecular flexibility index (Phi) is 8.27. The fourth-order valence-electron chi connectivity index (χ4n) is 4.64. The topological polar surface area (TPSA) is 137 Å². The number of carbonyl (C=O) groups excluding carboxylic acids is 1. The molecule has 40 heavy (non-hydrogen) atoms. The van der Waals surface area contributed by atoms with Crippen molar-refractivity contribution in [3.63, 3.8) is 0 Å². The van der Waals surface area contributed by atoms with Crippen LogP contribution in [-0.2, 0) is 33.9 Å². The van der Waals surface area contributed by atoms with Crippen molar-refractivity contribution in [2.75, 3.05) is 51.1 Å². The number of morpholine rings is 1. The van der Waals surface area contributed by atoms with Gasteiger partial charge in [-0.05, 0) is 31.2 Å². The van der Waals surface area contributed by atoms with Crippen LogP contribution in [0.3, 0.4) is 0 Å². The minimum absolute atomic E-state index is 0.203. The van der Waals surface area contributed by atoms with Crippen LogP contribution >= 0.6 is 0 Å². The lowest BCUT2D eigenvalue weighted by Crippen LogP contribution is -2.37. The molecule has 3 aromatic heterocycles. The van der Waals surface area contributed by atoms with E-state index in [1.165, 1.54) is 13.2 Å².